The maximum Gasteiger partial charge on any atom is 0.487 e. The van der Waals surface area contributed by atoms with Gasteiger partial charge in [0.1, 0.15) is 5.75 Å². The van der Waals surface area contributed by atoms with Crippen LogP contribution in [0.3, 0.4) is 0 Å². The summed E-state index contributed by atoms with van der Waals surface area (Å²) in [4.78, 5) is 12.6. The SMILES string of the molecule is CCOc1nc(Nc2ccc(OC(F)(F)Cl)cc2)nc(NC(C)(C)C)n1. The third kappa shape index (κ3) is 6.83. The van der Waals surface area contributed by atoms with Gasteiger partial charge >= 0.3 is 11.6 Å². The summed E-state index contributed by atoms with van der Waals surface area (Å²) in [6.07, 6.45) is 0. The van der Waals surface area contributed by atoms with Crippen molar-refractivity contribution in [3.8, 4) is 11.8 Å². The Balaban J connectivity index is 2.19. The maximum absolute atomic E-state index is 12.6. The Morgan fingerprint density at radius 3 is 2.19 bits per heavy atom. The zero-order valence-electron chi connectivity index (χ0n) is 14.8. The third-order valence-corrected chi connectivity index (χ3v) is 2.80. The lowest BCUT2D eigenvalue weighted by atomic mass is 10.1. The van der Waals surface area contributed by atoms with Crippen LogP contribution in [0.4, 0.5) is 26.4 Å². The Morgan fingerprint density at radius 1 is 1.04 bits per heavy atom. The van der Waals surface area contributed by atoms with Crippen LogP contribution >= 0.6 is 11.6 Å². The Kier molecular flexibility index (Phi) is 6.01. The molecule has 7 nitrogen and oxygen atoms in total. The quantitative estimate of drug-likeness (QED) is 0.682. The number of hydrogen-bond acceptors (Lipinski definition) is 7. The van der Waals surface area contributed by atoms with E-state index < -0.39 is 5.57 Å². The average Bonchev–Trinajstić information content (AvgIpc) is 2.46. The number of aromatic nitrogens is 3. The van der Waals surface area contributed by atoms with E-state index in [2.05, 4.69) is 30.3 Å². The number of rotatable bonds is 7. The molecule has 0 saturated heterocycles. The highest BCUT2D eigenvalue weighted by atomic mass is 35.5. The fourth-order valence-corrected chi connectivity index (χ4v) is 1.96. The first-order chi connectivity index (χ1) is 12.0. The lowest BCUT2D eigenvalue weighted by molar-refractivity contribution is -0.0964. The third-order valence-electron chi connectivity index (χ3n) is 2.72. The van der Waals surface area contributed by atoms with Crippen molar-refractivity contribution in [2.75, 3.05) is 17.2 Å². The fraction of sp³-hybridized carbons (Fsp3) is 0.438. The van der Waals surface area contributed by atoms with Crippen molar-refractivity contribution in [2.24, 2.45) is 0 Å². The lowest BCUT2D eigenvalue weighted by Crippen LogP contribution is -2.27. The molecule has 0 aliphatic carbocycles. The molecular weight excluding hydrogens is 368 g/mol. The van der Waals surface area contributed by atoms with Crippen LogP contribution in [0.25, 0.3) is 0 Å². The number of hydrogen-bond donors (Lipinski definition) is 2. The number of nitrogens with one attached hydrogen (secondary N) is 2. The van der Waals surface area contributed by atoms with Crippen LogP contribution < -0.4 is 20.1 Å². The van der Waals surface area contributed by atoms with Crippen LogP contribution in [0.1, 0.15) is 27.7 Å². The van der Waals surface area contributed by atoms with Gasteiger partial charge in [0.15, 0.2) is 0 Å². The van der Waals surface area contributed by atoms with Crippen LogP contribution in [0, 0.1) is 0 Å². The van der Waals surface area contributed by atoms with Gasteiger partial charge in [0, 0.05) is 22.8 Å². The minimum atomic E-state index is -3.76. The number of alkyl halides is 3. The molecule has 0 unspecified atom stereocenters. The molecule has 26 heavy (non-hydrogen) atoms. The molecule has 2 rings (SSSR count). The molecule has 1 heterocycles. The van der Waals surface area contributed by atoms with Gasteiger partial charge in [0.2, 0.25) is 11.9 Å². The van der Waals surface area contributed by atoms with Crippen molar-refractivity contribution < 1.29 is 18.3 Å². The van der Waals surface area contributed by atoms with Crippen molar-refractivity contribution >= 4 is 29.2 Å². The van der Waals surface area contributed by atoms with Crippen molar-refractivity contribution in [3.05, 3.63) is 24.3 Å². The van der Waals surface area contributed by atoms with E-state index in [4.69, 9.17) is 16.3 Å². The summed E-state index contributed by atoms with van der Waals surface area (Å²) in [6, 6.07) is 5.91. The Hall–Kier alpha value is -2.42. The second-order valence-corrected chi connectivity index (χ2v) is 6.71. The number of anilines is 3. The predicted octanol–water partition coefficient (Wildman–Crippen LogP) is 4.39. The van der Waals surface area contributed by atoms with Gasteiger partial charge in [-0.1, -0.05) is 0 Å². The molecule has 1 aromatic carbocycles. The summed E-state index contributed by atoms with van der Waals surface area (Å²) in [5, 5.41) is 6.10. The number of nitrogens with zero attached hydrogens (tertiary/aromatic N) is 3. The molecule has 0 saturated carbocycles. The zero-order chi connectivity index (χ0) is 19.4. The summed E-state index contributed by atoms with van der Waals surface area (Å²) in [7, 11) is 0. The summed E-state index contributed by atoms with van der Waals surface area (Å²) in [5.41, 5.74) is -3.46. The molecule has 2 aromatic rings. The number of benzene rings is 1. The highest BCUT2D eigenvalue weighted by Gasteiger charge is 2.27. The maximum atomic E-state index is 12.6. The van der Waals surface area contributed by atoms with Crippen molar-refractivity contribution in [1.82, 2.24) is 15.0 Å². The predicted molar refractivity (Wildman–Crippen MR) is 95.5 cm³/mol. The first-order valence-corrected chi connectivity index (χ1v) is 8.22. The highest BCUT2D eigenvalue weighted by Crippen LogP contribution is 2.27. The van der Waals surface area contributed by atoms with Gasteiger partial charge in [0.05, 0.1) is 6.61 Å². The molecular formula is C16H20ClF2N5O2. The van der Waals surface area contributed by atoms with E-state index in [-0.39, 0.29) is 23.2 Å². The number of halogens is 3. The summed E-state index contributed by atoms with van der Waals surface area (Å²) >= 11 is 4.74. The smallest absolute Gasteiger partial charge is 0.464 e. The molecule has 0 bridgehead atoms. The van der Waals surface area contributed by atoms with Crippen molar-refractivity contribution in [1.29, 1.82) is 0 Å². The Bertz CT molecular complexity index is 733. The van der Waals surface area contributed by atoms with E-state index in [1.165, 1.54) is 24.3 Å². The molecule has 2 N–H and O–H groups in total. The van der Waals surface area contributed by atoms with Gasteiger partial charge in [0.25, 0.3) is 0 Å². The summed E-state index contributed by atoms with van der Waals surface area (Å²) < 4.78 is 34.9. The minimum absolute atomic E-state index is 0.0729. The van der Waals surface area contributed by atoms with Crippen molar-refractivity contribution in [2.45, 2.75) is 38.8 Å². The van der Waals surface area contributed by atoms with Gasteiger partial charge in [-0.15, -0.1) is 8.78 Å². The molecule has 0 atom stereocenters. The fourth-order valence-electron chi connectivity index (χ4n) is 1.87. The largest absolute Gasteiger partial charge is 0.487 e. The van der Waals surface area contributed by atoms with E-state index >= 15 is 0 Å². The molecule has 0 aliphatic heterocycles. The summed E-state index contributed by atoms with van der Waals surface area (Å²) in [6.45, 7) is 8.12. The van der Waals surface area contributed by atoms with Gasteiger partial charge in [-0.05, 0) is 52.0 Å². The first-order valence-electron chi connectivity index (χ1n) is 7.84. The molecule has 0 aliphatic rings. The first kappa shape index (κ1) is 19.9. The van der Waals surface area contributed by atoms with Crippen LogP contribution in [0.2, 0.25) is 0 Å². The van der Waals surface area contributed by atoms with Crippen LogP contribution in [0.15, 0.2) is 24.3 Å². The van der Waals surface area contributed by atoms with Gasteiger partial charge in [-0.2, -0.15) is 15.0 Å². The van der Waals surface area contributed by atoms with E-state index in [0.29, 0.717) is 18.2 Å². The standard InChI is InChI=1S/C16H20ClF2N5O2/c1-5-25-14-22-12(21-13(23-14)24-15(2,3)4)20-10-6-8-11(9-7-10)26-16(17,18)19/h6-9H,5H2,1-4H3,(H2,20,21,22,23,24). The van der Waals surface area contributed by atoms with E-state index in [9.17, 15) is 8.78 Å². The molecule has 0 spiro atoms. The minimum Gasteiger partial charge on any atom is -0.464 e. The molecule has 1 aromatic heterocycles. The molecule has 142 valence electrons. The molecule has 0 fully saturated rings. The average molecular weight is 388 g/mol. The lowest BCUT2D eigenvalue weighted by Gasteiger charge is -2.21. The van der Waals surface area contributed by atoms with E-state index in [0.717, 1.165) is 0 Å². The second-order valence-electron chi connectivity index (χ2n) is 6.27. The topological polar surface area (TPSA) is 81.2 Å². The van der Waals surface area contributed by atoms with Gasteiger partial charge in [-0.25, -0.2) is 0 Å². The van der Waals surface area contributed by atoms with E-state index in [1.54, 1.807) is 0 Å². The summed E-state index contributed by atoms with van der Waals surface area (Å²) in [5.74, 6) is 0.517. The zero-order valence-corrected chi connectivity index (χ0v) is 15.6. The molecule has 10 heteroatoms. The van der Waals surface area contributed by atoms with Crippen LogP contribution in [-0.4, -0.2) is 32.7 Å². The van der Waals surface area contributed by atoms with Gasteiger partial charge in [-0.3, -0.25) is 0 Å². The van der Waals surface area contributed by atoms with Crippen LogP contribution in [-0.2, 0) is 0 Å². The Morgan fingerprint density at radius 2 is 1.65 bits per heavy atom. The number of ether oxygens (including phenoxy) is 2. The monoisotopic (exact) mass is 387 g/mol. The molecule has 0 radical (unpaired) electrons. The normalized spacial score (nSPS) is 11.8. The second kappa shape index (κ2) is 7.86. The Labute approximate surface area is 155 Å². The van der Waals surface area contributed by atoms with Crippen LogP contribution in [0.5, 0.6) is 11.8 Å². The molecule has 0 amide bonds. The van der Waals surface area contributed by atoms with Crippen molar-refractivity contribution in [3.63, 3.8) is 0 Å². The highest BCUT2D eigenvalue weighted by molar-refractivity contribution is 6.20. The van der Waals surface area contributed by atoms with Gasteiger partial charge < -0.3 is 20.1 Å². The van der Waals surface area contributed by atoms with E-state index in [1.807, 2.05) is 27.7 Å².